The van der Waals surface area contributed by atoms with E-state index in [1.165, 1.54) is 6.92 Å². The molecule has 1 aromatic carbocycles. The van der Waals surface area contributed by atoms with Crippen molar-refractivity contribution in [3.63, 3.8) is 0 Å². The molecule has 0 saturated heterocycles. The largest absolute Gasteiger partial charge is 0.480 e. The number of aliphatic carboxylic acids is 1. The predicted molar refractivity (Wildman–Crippen MR) is 95.7 cm³/mol. The number of thiol groups is 1. The molecule has 2 atom stereocenters. The van der Waals surface area contributed by atoms with Crippen molar-refractivity contribution >= 4 is 36.5 Å². The van der Waals surface area contributed by atoms with E-state index in [4.69, 9.17) is 9.84 Å². The number of ether oxygens (including phenoxy) is 1. The highest BCUT2D eigenvalue weighted by molar-refractivity contribution is 7.80. The van der Waals surface area contributed by atoms with Crippen LogP contribution in [0, 0.1) is 0 Å². The van der Waals surface area contributed by atoms with E-state index in [-0.39, 0.29) is 12.4 Å². The van der Waals surface area contributed by atoms with Crippen LogP contribution in [0.1, 0.15) is 12.5 Å². The number of carboxylic acid groups (broad SMARTS) is 1. The Labute approximate surface area is 155 Å². The molecule has 0 bridgehead atoms. The summed E-state index contributed by atoms with van der Waals surface area (Å²) in [6, 6.07) is 6.92. The smallest absolute Gasteiger partial charge is 0.408 e. The van der Waals surface area contributed by atoms with Gasteiger partial charge in [0.25, 0.3) is 0 Å². The van der Waals surface area contributed by atoms with Crippen molar-refractivity contribution in [1.29, 1.82) is 0 Å². The van der Waals surface area contributed by atoms with Gasteiger partial charge in [0.2, 0.25) is 11.8 Å². The molecule has 10 heteroatoms. The minimum Gasteiger partial charge on any atom is -0.480 e. The van der Waals surface area contributed by atoms with Crippen LogP contribution in [0.3, 0.4) is 0 Å². The molecule has 0 radical (unpaired) electrons. The van der Waals surface area contributed by atoms with Crippen molar-refractivity contribution in [2.45, 2.75) is 25.6 Å². The SMILES string of the molecule is C[C@H](NC(=O)CNC(=O)[C@H](CS)NC(=O)OCc1ccccc1)C(=O)O. The van der Waals surface area contributed by atoms with E-state index in [2.05, 4.69) is 28.6 Å². The van der Waals surface area contributed by atoms with Gasteiger partial charge >= 0.3 is 12.1 Å². The van der Waals surface area contributed by atoms with E-state index in [0.717, 1.165) is 5.56 Å². The molecule has 0 saturated carbocycles. The maximum absolute atomic E-state index is 12.0. The number of hydrogen-bond acceptors (Lipinski definition) is 6. The number of rotatable bonds is 9. The Hall–Kier alpha value is -2.75. The van der Waals surface area contributed by atoms with Gasteiger partial charge < -0.3 is 25.8 Å². The fraction of sp³-hybridized carbons (Fsp3) is 0.375. The summed E-state index contributed by atoms with van der Waals surface area (Å²) in [6.07, 6.45) is -0.799. The molecular formula is C16H21N3O6S. The van der Waals surface area contributed by atoms with Crippen LogP contribution in [0.2, 0.25) is 0 Å². The lowest BCUT2D eigenvalue weighted by atomic mass is 10.2. The van der Waals surface area contributed by atoms with E-state index in [9.17, 15) is 19.2 Å². The summed E-state index contributed by atoms with van der Waals surface area (Å²) in [5, 5.41) is 15.5. The van der Waals surface area contributed by atoms with E-state index < -0.39 is 42.5 Å². The van der Waals surface area contributed by atoms with Gasteiger partial charge in [-0.25, -0.2) is 4.79 Å². The Bertz CT molecular complexity index is 640. The monoisotopic (exact) mass is 383 g/mol. The predicted octanol–water partition coefficient (Wildman–Crippen LogP) is -0.0833. The number of benzene rings is 1. The van der Waals surface area contributed by atoms with Crippen LogP contribution in [-0.4, -0.2) is 53.4 Å². The molecule has 142 valence electrons. The first kappa shape index (κ1) is 21.3. The maximum Gasteiger partial charge on any atom is 0.408 e. The van der Waals surface area contributed by atoms with Crippen LogP contribution in [0.4, 0.5) is 4.79 Å². The third-order valence-corrected chi connectivity index (χ3v) is 3.54. The summed E-state index contributed by atoms with van der Waals surface area (Å²) in [7, 11) is 0. The third kappa shape index (κ3) is 7.88. The van der Waals surface area contributed by atoms with Gasteiger partial charge in [0.05, 0.1) is 6.54 Å². The second-order valence-electron chi connectivity index (χ2n) is 5.29. The average Bonchev–Trinajstić information content (AvgIpc) is 2.63. The molecular weight excluding hydrogens is 362 g/mol. The quantitative estimate of drug-likeness (QED) is 0.379. The number of amides is 3. The summed E-state index contributed by atoms with van der Waals surface area (Å²) < 4.78 is 5.01. The van der Waals surface area contributed by atoms with Crippen LogP contribution in [0.5, 0.6) is 0 Å². The van der Waals surface area contributed by atoms with Crippen molar-refractivity contribution in [2.24, 2.45) is 0 Å². The lowest BCUT2D eigenvalue weighted by molar-refractivity contribution is -0.141. The number of hydrogen-bond donors (Lipinski definition) is 5. The normalized spacial score (nSPS) is 12.4. The molecule has 3 amide bonds. The molecule has 0 spiro atoms. The second-order valence-corrected chi connectivity index (χ2v) is 5.65. The maximum atomic E-state index is 12.0. The Morgan fingerprint density at radius 2 is 1.81 bits per heavy atom. The molecule has 0 fully saturated rings. The molecule has 1 aromatic rings. The van der Waals surface area contributed by atoms with Gasteiger partial charge in [-0.15, -0.1) is 0 Å². The molecule has 0 aromatic heterocycles. The van der Waals surface area contributed by atoms with Gasteiger partial charge in [0.1, 0.15) is 18.7 Å². The zero-order chi connectivity index (χ0) is 19.5. The van der Waals surface area contributed by atoms with Crippen molar-refractivity contribution < 1.29 is 29.0 Å². The summed E-state index contributed by atoms with van der Waals surface area (Å²) in [6.45, 7) is 0.910. The second kappa shape index (κ2) is 11.0. The average molecular weight is 383 g/mol. The van der Waals surface area contributed by atoms with Gasteiger partial charge in [-0.3, -0.25) is 14.4 Å². The van der Waals surface area contributed by atoms with Crippen LogP contribution in [0.15, 0.2) is 30.3 Å². The molecule has 0 unspecified atom stereocenters. The first-order chi connectivity index (χ1) is 12.3. The summed E-state index contributed by atoms with van der Waals surface area (Å²) in [5.74, 6) is -2.52. The van der Waals surface area contributed by atoms with Gasteiger partial charge in [0.15, 0.2) is 0 Å². The minimum absolute atomic E-state index is 0.0145. The minimum atomic E-state index is -1.19. The summed E-state index contributed by atoms with van der Waals surface area (Å²) >= 11 is 3.99. The van der Waals surface area contributed by atoms with Crippen molar-refractivity contribution in [3.8, 4) is 0 Å². The molecule has 0 aliphatic carbocycles. The van der Waals surface area contributed by atoms with Gasteiger partial charge in [-0.1, -0.05) is 30.3 Å². The lowest BCUT2D eigenvalue weighted by Gasteiger charge is -2.16. The van der Waals surface area contributed by atoms with Crippen molar-refractivity contribution in [1.82, 2.24) is 16.0 Å². The van der Waals surface area contributed by atoms with Gasteiger partial charge in [-0.05, 0) is 12.5 Å². The molecule has 4 N–H and O–H groups in total. The Balaban J connectivity index is 2.39. The van der Waals surface area contributed by atoms with Crippen LogP contribution in [0.25, 0.3) is 0 Å². The van der Waals surface area contributed by atoms with E-state index in [1.807, 2.05) is 6.07 Å². The molecule has 0 aliphatic rings. The molecule has 0 heterocycles. The highest BCUT2D eigenvalue weighted by Gasteiger charge is 2.21. The summed E-state index contributed by atoms with van der Waals surface area (Å²) in [5.41, 5.74) is 0.791. The van der Waals surface area contributed by atoms with Crippen LogP contribution >= 0.6 is 12.6 Å². The van der Waals surface area contributed by atoms with Gasteiger partial charge in [-0.2, -0.15) is 12.6 Å². The first-order valence-corrected chi connectivity index (χ1v) is 8.34. The summed E-state index contributed by atoms with van der Waals surface area (Å²) in [4.78, 5) is 45.9. The molecule has 9 nitrogen and oxygen atoms in total. The van der Waals surface area contributed by atoms with Gasteiger partial charge in [0, 0.05) is 5.75 Å². The van der Waals surface area contributed by atoms with Crippen LogP contribution < -0.4 is 16.0 Å². The number of carbonyl (C=O) groups excluding carboxylic acids is 3. The fourth-order valence-corrected chi connectivity index (χ4v) is 2.00. The van der Waals surface area contributed by atoms with E-state index >= 15 is 0 Å². The third-order valence-electron chi connectivity index (χ3n) is 3.17. The lowest BCUT2D eigenvalue weighted by Crippen LogP contribution is -2.51. The zero-order valence-corrected chi connectivity index (χ0v) is 15.0. The number of alkyl carbamates (subject to hydrolysis) is 1. The topological polar surface area (TPSA) is 134 Å². The molecule has 0 aliphatic heterocycles. The Morgan fingerprint density at radius 3 is 2.38 bits per heavy atom. The number of nitrogens with one attached hydrogen (secondary N) is 3. The van der Waals surface area contributed by atoms with Crippen LogP contribution in [-0.2, 0) is 25.7 Å². The Morgan fingerprint density at radius 1 is 1.15 bits per heavy atom. The van der Waals surface area contributed by atoms with E-state index in [1.54, 1.807) is 24.3 Å². The molecule has 1 rings (SSSR count). The number of carbonyl (C=O) groups is 4. The first-order valence-electron chi connectivity index (χ1n) is 7.71. The Kier molecular flexibility index (Phi) is 8.99. The number of carboxylic acids is 1. The fourth-order valence-electron chi connectivity index (χ4n) is 1.75. The van der Waals surface area contributed by atoms with Crippen molar-refractivity contribution in [2.75, 3.05) is 12.3 Å². The van der Waals surface area contributed by atoms with Crippen molar-refractivity contribution in [3.05, 3.63) is 35.9 Å². The van der Waals surface area contributed by atoms with E-state index in [0.29, 0.717) is 0 Å². The highest BCUT2D eigenvalue weighted by atomic mass is 32.1. The molecule has 26 heavy (non-hydrogen) atoms. The standard InChI is InChI=1S/C16H21N3O6S/c1-10(15(22)23)18-13(20)7-17-14(21)12(9-26)19-16(24)25-8-11-5-3-2-4-6-11/h2-6,10,12,26H,7-9H2,1H3,(H,17,21)(H,18,20)(H,19,24)(H,22,23)/t10-,12-/m0/s1. The highest BCUT2D eigenvalue weighted by Crippen LogP contribution is 2.01. The zero-order valence-electron chi connectivity index (χ0n) is 14.1.